The number of ether oxygens (including phenoxy) is 1. The predicted octanol–water partition coefficient (Wildman–Crippen LogP) is 2.14. The number of hydrogen-bond donors (Lipinski definition) is 1. The summed E-state index contributed by atoms with van der Waals surface area (Å²) in [6, 6.07) is 7.92. The summed E-state index contributed by atoms with van der Waals surface area (Å²) in [5.41, 5.74) is 9.51. The summed E-state index contributed by atoms with van der Waals surface area (Å²) in [7, 11) is 3.05. The van der Waals surface area contributed by atoms with E-state index in [-0.39, 0.29) is 29.8 Å². The summed E-state index contributed by atoms with van der Waals surface area (Å²) in [5, 5.41) is 0. The van der Waals surface area contributed by atoms with Crippen molar-refractivity contribution in [2.24, 2.45) is 12.8 Å². The maximum Gasteiger partial charge on any atom is 0.332 e. The Morgan fingerprint density at radius 2 is 1.82 bits per heavy atom. The molecule has 1 aliphatic heterocycles. The van der Waals surface area contributed by atoms with Gasteiger partial charge in [0, 0.05) is 45.7 Å². The van der Waals surface area contributed by atoms with Crippen molar-refractivity contribution >= 4 is 23.1 Å². The van der Waals surface area contributed by atoms with Crippen molar-refractivity contribution in [3.8, 4) is 0 Å². The van der Waals surface area contributed by atoms with Crippen LogP contribution in [0.5, 0.6) is 0 Å². The third-order valence-corrected chi connectivity index (χ3v) is 7.13. The second kappa shape index (κ2) is 11.8. The highest BCUT2D eigenvalue weighted by molar-refractivity contribution is 5.75. The molecule has 1 fully saturated rings. The summed E-state index contributed by atoms with van der Waals surface area (Å²) in [6.45, 7) is 6.25. The Morgan fingerprint density at radius 1 is 1.13 bits per heavy atom. The standard InChI is InChI=1S/C28H38N6O4/c1-19(2)13-16-33-24-25(30-27(33)32-15-5-6-22(29)18-32)31(3)28(37)34(26(24)36)17-14-21-9-7-20(8-10-21)11-12-23(35)38-4/h7-10,13,22H,5-6,11-12,14-18,29H2,1-4H3. The van der Waals surface area contributed by atoms with E-state index in [0.717, 1.165) is 36.1 Å². The van der Waals surface area contributed by atoms with Crippen molar-refractivity contribution in [1.29, 1.82) is 0 Å². The van der Waals surface area contributed by atoms with Gasteiger partial charge in [0.15, 0.2) is 11.2 Å². The molecule has 3 heterocycles. The molecule has 204 valence electrons. The van der Waals surface area contributed by atoms with Crippen molar-refractivity contribution in [2.75, 3.05) is 25.1 Å². The normalized spacial score (nSPS) is 15.6. The number of rotatable bonds is 9. The van der Waals surface area contributed by atoms with Crippen LogP contribution in [0, 0.1) is 0 Å². The number of imidazole rings is 1. The minimum absolute atomic E-state index is 0.0489. The van der Waals surface area contributed by atoms with Crippen LogP contribution in [-0.4, -0.2) is 50.9 Å². The number of benzene rings is 1. The highest BCUT2D eigenvalue weighted by atomic mass is 16.5. The van der Waals surface area contributed by atoms with E-state index < -0.39 is 0 Å². The van der Waals surface area contributed by atoms with Gasteiger partial charge >= 0.3 is 11.7 Å². The van der Waals surface area contributed by atoms with Crippen LogP contribution in [-0.2, 0) is 42.5 Å². The number of fused-ring (bicyclic) bond motifs is 1. The number of piperidine rings is 1. The molecule has 10 nitrogen and oxygen atoms in total. The van der Waals surface area contributed by atoms with E-state index in [1.54, 1.807) is 7.05 Å². The van der Waals surface area contributed by atoms with Gasteiger partial charge in [0.2, 0.25) is 5.95 Å². The number of esters is 1. The first-order valence-electron chi connectivity index (χ1n) is 13.2. The summed E-state index contributed by atoms with van der Waals surface area (Å²) in [4.78, 5) is 45.3. The zero-order valence-corrected chi connectivity index (χ0v) is 22.8. The monoisotopic (exact) mass is 522 g/mol. The molecule has 0 amide bonds. The van der Waals surface area contributed by atoms with Gasteiger partial charge in [-0.25, -0.2) is 4.79 Å². The number of methoxy groups -OCH3 is 1. The molecule has 10 heteroatoms. The first-order valence-corrected chi connectivity index (χ1v) is 13.2. The molecule has 4 rings (SSSR count). The molecule has 1 unspecified atom stereocenters. The largest absolute Gasteiger partial charge is 0.469 e. The molecule has 1 saturated heterocycles. The number of nitrogens with two attached hydrogens (primary N) is 1. The molecule has 0 aliphatic carbocycles. The van der Waals surface area contributed by atoms with Crippen molar-refractivity contribution in [3.05, 3.63) is 67.9 Å². The first-order chi connectivity index (χ1) is 18.2. The van der Waals surface area contributed by atoms with Gasteiger partial charge in [-0.1, -0.05) is 35.9 Å². The molecule has 1 atom stereocenters. The minimum atomic E-state index is -0.383. The molecular formula is C28H38N6O4. The van der Waals surface area contributed by atoms with Crippen LogP contribution in [0.25, 0.3) is 11.2 Å². The van der Waals surface area contributed by atoms with Gasteiger partial charge in [-0.3, -0.25) is 18.7 Å². The van der Waals surface area contributed by atoms with Crippen LogP contribution >= 0.6 is 0 Å². The third kappa shape index (κ3) is 5.91. The molecule has 38 heavy (non-hydrogen) atoms. The molecule has 3 aromatic rings. The Balaban J connectivity index is 1.67. The van der Waals surface area contributed by atoms with E-state index in [2.05, 4.69) is 11.0 Å². The quantitative estimate of drug-likeness (QED) is 0.338. The predicted molar refractivity (Wildman–Crippen MR) is 149 cm³/mol. The van der Waals surface area contributed by atoms with Gasteiger partial charge in [0.1, 0.15) is 0 Å². The molecule has 0 bridgehead atoms. The average Bonchev–Trinajstić information content (AvgIpc) is 3.30. The smallest absolute Gasteiger partial charge is 0.332 e. The lowest BCUT2D eigenvalue weighted by Crippen LogP contribution is -2.44. The number of hydrogen-bond acceptors (Lipinski definition) is 7. The van der Waals surface area contributed by atoms with Gasteiger partial charge < -0.3 is 19.9 Å². The summed E-state index contributed by atoms with van der Waals surface area (Å²) in [5.74, 6) is 0.440. The lowest BCUT2D eigenvalue weighted by Gasteiger charge is -2.31. The van der Waals surface area contributed by atoms with E-state index in [4.69, 9.17) is 15.5 Å². The number of nitrogens with zero attached hydrogens (tertiary/aromatic N) is 5. The summed E-state index contributed by atoms with van der Waals surface area (Å²) < 4.78 is 9.40. The van der Waals surface area contributed by atoms with Crippen LogP contribution in [0.15, 0.2) is 45.5 Å². The van der Waals surface area contributed by atoms with Crippen molar-refractivity contribution in [2.45, 2.75) is 65.1 Å². The average molecular weight is 523 g/mol. The van der Waals surface area contributed by atoms with Crippen molar-refractivity contribution in [3.63, 3.8) is 0 Å². The SMILES string of the molecule is COC(=O)CCc1ccc(CCn2c(=O)c3c(nc(N4CCCC(N)C4)n3CC=C(C)C)n(C)c2=O)cc1. The first kappa shape index (κ1) is 27.4. The molecule has 1 aliphatic rings. The number of aromatic nitrogens is 4. The Labute approximate surface area is 222 Å². The van der Waals surface area contributed by atoms with E-state index in [0.29, 0.717) is 49.5 Å². The van der Waals surface area contributed by atoms with Crippen LogP contribution in [0.2, 0.25) is 0 Å². The topological polar surface area (TPSA) is 117 Å². The van der Waals surface area contributed by atoms with Crippen molar-refractivity contribution in [1.82, 2.24) is 18.7 Å². The summed E-state index contributed by atoms with van der Waals surface area (Å²) in [6.07, 6.45) is 5.43. The Morgan fingerprint density at radius 3 is 2.45 bits per heavy atom. The van der Waals surface area contributed by atoms with E-state index >= 15 is 0 Å². The maximum absolute atomic E-state index is 13.8. The molecule has 2 N–H and O–H groups in total. The molecule has 0 saturated carbocycles. The highest BCUT2D eigenvalue weighted by Crippen LogP contribution is 2.23. The summed E-state index contributed by atoms with van der Waals surface area (Å²) >= 11 is 0. The van der Waals surface area contributed by atoms with E-state index in [1.807, 2.05) is 42.7 Å². The molecule has 2 aromatic heterocycles. The number of allylic oxidation sites excluding steroid dienone is 2. The van der Waals surface area contributed by atoms with Crippen LogP contribution in [0.4, 0.5) is 5.95 Å². The molecule has 1 aromatic carbocycles. The lowest BCUT2D eigenvalue weighted by atomic mass is 10.1. The Kier molecular flexibility index (Phi) is 8.51. The zero-order chi connectivity index (χ0) is 27.4. The van der Waals surface area contributed by atoms with Gasteiger partial charge in [0.05, 0.1) is 7.11 Å². The Bertz CT molecular complexity index is 1440. The number of carbonyl (C=O) groups is 1. The zero-order valence-electron chi connectivity index (χ0n) is 22.8. The third-order valence-electron chi connectivity index (χ3n) is 7.13. The second-order valence-electron chi connectivity index (χ2n) is 10.3. The van der Waals surface area contributed by atoms with Crippen LogP contribution in [0.3, 0.4) is 0 Å². The van der Waals surface area contributed by atoms with Crippen molar-refractivity contribution < 1.29 is 9.53 Å². The second-order valence-corrected chi connectivity index (χ2v) is 10.3. The minimum Gasteiger partial charge on any atom is -0.469 e. The van der Waals surface area contributed by atoms with Gasteiger partial charge in [-0.15, -0.1) is 0 Å². The fraction of sp³-hybridized carbons (Fsp3) is 0.500. The van der Waals surface area contributed by atoms with E-state index in [1.165, 1.54) is 16.2 Å². The van der Waals surface area contributed by atoms with Crippen LogP contribution in [0.1, 0.15) is 44.2 Å². The van der Waals surface area contributed by atoms with Gasteiger partial charge in [-0.05, 0) is 50.7 Å². The van der Waals surface area contributed by atoms with Gasteiger partial charge in [-0.2, -0.15) is 4.98 Å². The molecule has 0 spiro atoms. The molecule has 0 radical (unpaired) electrons. The van der Waals surface area contributed by atoms with E-state index in [9.17, 15) is 14.4 Å². The lowest BCUT2D eigenvalue weighted by molar-refractivity contribution is -0.140. The fourth-order valence-corrected chi connectivity index (χ4v) is 4.90. The Hall–Kier alpha value is -3.66. The molecular weight excluding hydrogens is 484 g/mol. The number of anilines is 1. The van der Waals surface area contributed by atoms with Crippen LogP contribution < -0.4 is 21.9 Å². The number of aryl methyl sites for hydroxylation is 3. The number of carbonyl (C=O) groups excluding carboxylic acids is 1. The fourth-order valence-electron chi connectivity index (χ4n) is 4.90. The maximum atomic E-state index is 13.8. The highest BCUT2D eigenvalue weighted by Gasteiger charge is 2.26. The van der Waals surface area contributed by atoms with Gasteiger partial charge in [0.25, 0.3) is 5.56 Å².